The van der Waals surface area contributed by atoms with E-state index in [1.807, 2.05) is 13.8 Å². The number of carbonyl (C=O) groups is 2. The standard InChI is InChI=1S/C17H23ClO7/c1-8(2)5-12(20)23-15-13-16(21)6-11(22-10(4)19)17(13,7-18)25-14(24-15)9(16)3/h8,11,13-15,21H,3,5-7H2,1-2,4H3/t11-,13-,14-,15+,16-,17+/m0/s1. The quantitative estimate of drug-likeness (QED) is 0.443. The highest BCUT2D eigenvalue weighted by molar-refractivity contribution is 6.18. The second-order valence-corrected chi connectivity index (χ2v) is 7.63. The Labute approximate surface area is 151 Å². The Kier molecular flexibility index (Phi) is 4.64. The second kappa shape index (κ2) is 6.23. The van der Waals surface area contributed by atoms with Gasteiger partial charge >= 0.3 is 11.9 Å². The summed E-state index contributed by atoms with van der Waals surface area (Å²) in [5.41, 5.74) is -2.32. The first-order chi connectivity index (χ1) is 11.6. The molecule has 8 heteroatoms. The molecular formula is C17H23ClO7. The smallest absolute Gasteiger partial charge is 0.308 e. The van der Waals surface area contributed by atoms with Crippen molar-refractivity contribution in [2.45, 2.75) is 63.5 Å². The predicted molar refractivity (Wildman–Crippen MR) is 86.5 cm³/mol. The lowest BCUT2D eigenvalue weighted by atomic mass is 9.74. The summed E-state index contributed by atoms with van der Waals surface area (Å²) < 4.78 is 22.4. The summed E-state index contributed by atoms with van der Waals surface area (Å²) >= 11 is 6.18. The zero-order valence-electron chi connectivity index (χ0n) is 14.5. The predicted octanol–water partition coefficient (Wildman–Crippen LogP) is 1.50. The lowest BCUT2D eigenvalue weighted by Crippen LogP contribution is -2.69. The number of hydrogen-bond acceptors (Lipinski definition) is 7. The van der Waals surface area contributed by atoms with E-state index in [9.17, 15) is 14.7 Å². The van der Waals surface area contributed by atoms with Gasteiger partial charge in [-0.15, -0.1) is 11.6 Å². The van der Waals surface area contributed by atoms with Crippen LogP contribution in [0.2, 0.25) is 0 Å². The van der Waals surface area contributed by atoms with Gasteiger partial charge in [-0.25, -0.2) is 0 Å². The molecule has 140 valence electrons. The molecule has 1 saturated carbocycles. The highest BCUT2D eigenvalue weighted by Crippen LogP contribution is 2.61. The van der Waals surface area contributed by atoms with Crippen molar-refractivity contribution in [3.63, 3.8) is 0 Å². The third-order valence-electron chi connectivity index (χ3n) is 5.12. The summed E-state index contributed by atoms with van der Waals surface area (Å²) in [5.74, 6) is -1.70. The first-order valence-electron chi connectivity index (χ1n) is 8.31. The van der Waals surface area contributed by atoms with Gasteiger partial charge < -0.3 is 24.1 Å². The zero-order chi connectivity index (χ0) is 18.6. The lowest BCUT2D eigenvalue weighted by Gasteiger charge is -2.55. The average Bonchev–Trinajstić information content (AvgIpc) is 2.71. The van der Waals surface area contributed by atoms with Crippen molar-refractivity contribution in [1.82, 2.24) is 0 Å². The minimum absolute atomic E-state index is 0.0523. The summed E-state index contributed by atoms with van der Waals surface area (Å²) in [7, 11) is 0. The molecule has 0 amide bonds. The number of alkyl halides is 1. The molecule has 0 radical (unpaired) electrons. The highest BCUT2D eigenvalue weighted by Gasteiger charge is 2.76. The number of aliphatic hydroxyl groups is 1. The fraction of sp³-hybridized carbons (Fsp3) is 0.765. The Hall–Kier alpha value is -1.15. The first-order valence-corrected chi connectivity index (χ1v) is 8.85. The second-order valence-electron chi connectivity index (χ2n) is 7.36. The molecule has 25 heavy (non-hydrogen) atoms. The van der Waals surface area contributed by atoms with Gasteiger partial charge in [0, 0.05) is 25.3 Å². The molecule has 0 spiro atoms. The topological polar surface area (TPSA) is 91.3 Å². The Balaban J connectivity index is 1.93. The van der Waals surface area contributed by atoms with Crippen LogP contribution in [0.5, 0.6) is 0 Å². The van der Waals surface area contributed by atoms with Gasteiger partial charge in [0.25, 0.3) is 0 Å². The van der Waals surface area contributed by atoms with Gasteiger partial charge in [0.2, 0.25) is 6.29 Å². The SMILES string of the molecule is C=C1[C@H]2O[C@@H](OC(=O)CC(C)C)[C@@H]3[C@](CCl)(O2)[C@@H](OC(C)=O)C[C@]13O. The van der Waals surface area contributed by atoms with E-state index < -0.39 is 47.7 Å². The number of ether oxygens (including phenoxy) is 4. The van der Waals surface area contributed by atoms with Gasteiger partial charge in [-0.05, 0) is 5.92 Å². The molecule has 0 aromatic carbocycles. The summed E-state index contributed by atoms with van der Waals surface area (Å²) in [6.07, 6.45) is -2.51. The molecule has 1 N–H and O–H groups in total. The largest absolute Gasteiger partial charge is 0.459 e. The molecule has 3 saturated heterocycles. The summed E-state index contributed by atoms with van der Waals surface area (Å²) in [6, 6.07) is 0. The van der Waals surface area contributed by atoms with Gasteiger partial charge in [0.05, 0.1) is 11.8 Å². The maximum absolute atomic E-state index is 12.1. The third kappa shape index (κ3) is 2.77. The van der Waals surface area contributed by atoms with Crippen molar-refractivity contribution < 1.29 is 33.6 Å². The van der Waals surface area contributed by atoms with Crippen LogP contribution < -0.4 is 0 Å². The van der Waals surface area contributed by atoms with E-state index in [4.69, 9.17) is 30.5 Å². The molecule has 3 heterocycles. The molecule has 3 aliphatic heterocycles. The van der Waals surface area contributed by atoms with E-state index in [2.05, 4.69) is 6.58 Å². The van der Waals surface area contributed by atoms with Crippen molar-refractivity contribution in [2.75, 3.05) is 5.88 Å². The van der Waals surface area contributed by atoms with Crippen molar-refractivity contribution in [1.29, 1.82) is 0 Å². The van der Waals surface area contributed by atoms with Crippen LogP contribution in [0.1, 0.15) is 33.6 Å². The average molecular weight is 375 g/mol. The maximum Gasteiger partial charge on any atom is 0.308 e. The van der Waals surface area contributed by atoms with Crippen LogP contribution in [0.4, 0.5) is 0 Å². The number of rotatable bonds is 5. The van der Waals surface area contributed by atoms with Crippen LogP contribution in [-0.2, 0) is 28.5 Å². The maximum atomic E-state index is 12.1. The normalized spacial score (nSPS) is 41.9. The first kappa shape index (κ1) is 18.6. The van der Waals surface area contributed by atoms with E-state index >= 15 is 0 Å². The lowest BCUT2D eigenvalue weighted by molar-refractivity contribution is -0.380. The van der Waals surface area contributed by atoms with Crippen molar-refractivity contribution >= 4 is 23.5 Å². The molecule has 4 rings (SSSR count). The number of fused-ring (bicyclic) bond motifs is 1. The summed E-state index contributed by atoms with van der Waals surface area (Å²) in [4.78, 5) is 23.6. The molecule has 6 atom stereocenters. The molecule has 4 aliphatic rings. The van der Waals surface area contributed by atoms with Gasteiger partial charge in [-0.3, -0.25) is 9.59 Å². The van der Waals surface area contributed by atoms with E-state index in [1.54, 1.807) is 0 Å². The molecule has 4 bridgehead atoms. The highest BCUT2D eigenvalue weighted by atomic mass is 35.5. The van der Waals surface area contributed by atoms with E-state index in [0.717, 1.165) is 0 Å². The van der Waals surface area contributed by atoms with Crippen LogP contribution in [0.15, 0.2) is 12.2 Å². The monoisotopic (exact) mass is 374 g/mol. The molecule has 4 fully saturated rings. The van der Waals surface area contributed by atoms with Crippen LogP contribution >= 0.6 is 11.6 Å². The van der Waals surface area contributed by atoms with Crippen LogP contribution in [0.3, 0.4) is 0 Å². The minimum Gasteiger partial charge on any atom is -0.459 e. The molecule has 0 aromatic heterocycles. The van der Waals surface area contributed by atoms with E-state index in [1.165, 1.54) is 6.92 Å². The molecule has 0 aromatic rings. The van der Waals surface area contributed by atoms with Crippen LogP contribution in [-0.4, -0.2) is 52.8 Å². The Bertz CT molecular complexity index is 606. The zero-order valence-corrected chi connectivity index (χ0v) is 15.2. The molecule has 1 aliphatic carbocycles. The van der Waals surface area contributed by atoms with Gasteiger partial charge in [-0.1, -0.05) is 20.4 Å². The van der Waals surface area contributed by atoms with Crippen molar-refractivity contribution in [2.24, 2.45) is 11.8 Å². The minimum atomic E-state index is -1.45. The number of halogens is 1. The van der Waals surface area contributed by atoms with E-state index in [-0.39, 0.29) is 24.6 Å². The van der Waals surface area contributed by atoms with Gasteiger partial charge in [-0.2, -0.15) is 0 Å². The number of carbonyl (C=O) groups excluding carboxylic acids is 2. The Morgan fingerprint density at radius 1 is 1.44 bits per heavy atom. The summed E-state index contributed by atoms with van der Waals surface area (Å²) in [5, 5.41) is 11.2. The number of esters is 2. The Morgan fingerprint density at radius 2 is 2.12 bits per heavy atom. The van der Waals surface area contributed by atoms with Gasteiger partial charge in [0.1, 0.15) is 17.3 Å². The molecular weight excluding hydrogens is 352 g/mol. The number of hydrogen-bond donors (Lipinski definition) is 1. The fourth-order valence-electron chi connectivity index (χ4n) is 4.06. The third-order valence-corrected chi connectivity index (χ3v) is 5.54. The van der Waals surface area contributed by atoms with Crippen LogP contribution in [0.25, 0.3) is 0 Å². The Morgan fingerprint density at radius 3 is 2.68 bits per heavy atom. The van der Waals surface area contributed by atoms with Gasteiger partial charge in [0.15, 0.2) is 6.29 Å². The van der Waals surface area contributed by atoms with E-state index in [0.29, 0.717) is 5.57 Å². The molecule has 0 unspecified atom stereocenters. The fourth-order valence-corrected chi connectivity index (χ4v) is 4.46. The molecule has 7 nitrogen and oxygen atoms in total. The van der Waals surface area contributed by atoms with Crippen LogP contribution in [0, 0.1) is 11.8 Å². The summed E-state index contributed by atoms with van der Waals surface area (Å²) in [6.45, 7) is 8.93. The van der Waals surface area contributed by atoms with Crippen molar-refractivity contribution in [3.8, 4) is 0 Å². The van der Waals surface area contributed by atoms with Crippen molar-refractivity contribution in [3.05, 3.63) is 12.2 Å².